The molecule has 0 N–H and O–H groups in total. The van der Waals surface area contributed by atoms with E-state index in [1.54, 1.807) is 0 Å². The lowest BCUT2D eigenvalue weighted by atomic mass is 9.81. The van der Waals surface area contributed by atoms with E-state index in [2.05, 4.69) is 25.3 Å². The zero-order chi connectivity index (χ0) is 6.67. The van der Waals surface area contributed by atoms with E-state index in [9.17, 15) is 0 Å². The molecule has 5 aliphatic rings. The molecule has 0 aromatic carbocycles. The highest BCUT2D eigenvalue weighted by Crippen LogP contribution is 3.04. The third-order valence-electron chi connectivity index (χ3n) is 3.97. The lowest BCUT2D eigenvalue weighted by Crippen LogP contribution is -2.21. The van der Waals surface area contributed by atoms with E-state index in [0.717, 1.165) is 23.2 Å². The van der Waals surface area contributed by atoms with Crippen LogP contribution in [0, 0.1) is 23.2 Å². The van der Waals surface area contributed by atoms with Crippen molar-refractivity contribution in [1.82, 2.24) is 0 Å². The summed E-state index contributed by atoms with van der Waals surface area (Å²) in [6, 6.07) is 0. The summed E-state index contributed by atoms with van der Waals surface area (Å²) in [5.41, 5.74) is 4.43. The van der Waals surface area contributed by atoms with Crippen molar-refractivity contribution in [3.05, 3.63) is 11.1 Å². The van der Waals surface area contributed by atoms with Crippen LogP contribution >= 0.6 is 25.3 Å². The van der Waals surface area contributed by atoms with Crippen LogP contribution < -0.4 is 0 Å². The fraction of sp³-hybridized carbons (Fsp3) is 0.750. The van der Waals surface area contributed by atoms with Crippen molar-refractivity contribution >= 4 is 25.3 Å². The molecule has 0 nitrogen and oxygen atoms in total. The van der Waals surface area contributed by atoms with Crippen molar-refractivity contribution in [2.75, 3.05) is 0 Å². The average molecular weight is 168 g/mol. The van der Waals surface area contributed by atoms with Crippen molar-refractivity contribution in [1.29, 1.82) is 0 Å². The van der Waals surface area contributed by atoms with E-state index in [1.807, 2.05) is 11.1 Å². The quantitative estimate of drug-likeness (QED) is 0.350. The molecule has 0 bridgehead atoms. The van der Waals surface area contributed by atoms with Crippen molar-refractivity contribution in [3.63, 3.8) is 0 Å². The SMILES string of the molecule is SC(S)CC12C3=C4C(C41)C32. The Labute approximate surface area is 70.9 Å². The molecule has 3 fully saturated rings. The topological polar surface area (TPSA) is 0 Å². The van der Waals surface area contributed by atoms with Gasteiger partial charge in [-0.3, -0.25) is 0 Å². The minimum atomic E-state index is 0.322. The molecule has 3 saturated carbocycles. The molecule has 0 heterocycles. The van der Waals surface area contributed by atoms with Crippen molar-refractivity contribution in [2.24, 2.45) is 23.2 Å². The Kier molecular flexibility index (Phi) is 0.535. The van der Waals surface area contributed by atoms with Gasteiger partial charge in [0.25, 0.3) is 0 Å². The number of rotatable bonds is 2. The van der Waals surface area contributed by atoms with Gasteiger partial charge in [-0.25, -0.2) is 0 Å². The minimum absolute atomic E-state index is 0.322. The van der Waals surface area contributed by atoms with Gasteiger partial charge in [0.1, 0.15) is 0 Å². The summed E-state index contributed by atoms with van der Waals surface area (Å²) in [6.07, 6.45) is 1.24. The predicted octanol–water partition coefficient (Wildman–Crippen LogP) is 1.75. The molecule has 4 unspecified atom stereocenters. The molecule has 0 aromatic heterocycles. The third kappa shape index (κ3) is 0.248. The summed E-state index contributed by atoms with van der Waals surface area (Å²) in [5, 5.41) is 0. The van der Waals surface area contributed by atoms with Gasteiger partial charge in [-0.1, -0.05) is 11.1 Å². The van der Waals surface area contributed by atoms with E-state index in [1.165, 1.54) is 6.42 Å². The van der Waals surface area contributed by atoms with Crippen molar-refractivity contribution in [3.8, 4) is 0 Å². The summed E-state index contributed by atoms with van der Waals surface area (Å²) in [6.45, 7) is 0. The van der Waals surface area contributed by atoms with E-state index in [4.69, 9.17) is 0 Å². The van der Waals surface area contributed by atoms with Gasteiger partial charge < -0.3 is 0 Å². The molecule has 5 aliphatic carbocycles. The molecule has 0 spiro atoms. The van der Waals surface area contributed by atoms with Crippen LogP contribution in [0.3, 0.4) is 0 Å². The predicted molar refractivity (Wildman–Crippen MR) is 46.3 cm³/mol. The monoisotopic (exact) mass is 168 g/mol. The van der Waals surface area contributed by atoms with Crippen LogP contribution in [0.4, 0.5) is 0 Å². The highest BCUT2D eigenvalue weighted by Gasteiger charge is 2.97. The third-order valence-corrected chi connectivity index (χ3v) is 4.34. The van der Waals surface area contributed by atoms with Gasteiger partial charge in [-0.15, -0.1) is 0 Å². The maximum atomic E-state index is 4.32. The summed E-state index contributed by atoms with van der Waals surface area (Å²) in [5.74, 6) is 3.24. The number of hydrogen-bond acceptors (Lipinski definition) is 2. The first-order valence-corrected chi connectivity index (χ1v) is 4.92. The molecule has 0 saturated heterocycles. The van der Waals surface area contributed by atoms with Gasteiger partial charge in [-0.05, 0) is 24.2 Å². The summed E-state index contributed by atoms with van der Waals surface area (Å²) in [4.78, 5) is 0. The van der Waals surface area contributed by atoms with Crippen LogP contribution in [0.5, 0.6) is 0 Å². The van der Waals surface area contributed by atoms with Gasteiger partial charge in [0.15, 0.2) is 0 Å². The molecule has 4 atom stereocenters. The normalized spacial score (nSPS) is 63.3. The number of thiol groups is 2. The molecular formula is C8H8S2. The van der Waals surface area contributed by atoms with Gasteiger partial charge in [0.2, 0.25) is 0 Å². The second kappa shape index (κ2) is 1.04. The molecule has 10 heavy (non-hydrogen) atoms. The van der Waals surface area contributed by atoms with E-state index in [0.29, 0.717) is 4.58 Å². The van der Waals surface area contributed by atoms with Gasteiger partial charge >= 0.3 is 0 Å². The van der Waals surface area contributed by atoms with Crippen LogP contribution in [-0.2, 0) is 0 Å². The highest BCUT2D eigenvalue weighted by molar-refractivity contribution is 7.99. The lowest BCUT2D eigenvalue weighted by molar-refractivity contribution is 0.259. The Morgan fingerprint density at radius 1 is 1.40 bits per heavy atom. The molecule has 52 valence electrons. The Balaban J connectivity index is 1.71. The molecule has 0 aromatic rings. The van der Waals surface area contributed by atoms with E-state index >= 15 is 0 Å². The Morgan fingerprint density at radius 3 is 2.60 bits per heavy atom. The largest absolute Gasteiger partial charge is 0.165 e. The first-order chi connectivity index (χ1) is 4.78. The average Bonchev–Trinajstić information content (AvgIpc) is 2.27. The first-order valence-electron chi connectivity index (χ1n) is 3.89. The fourth-order valence-corrected chi connectivity index (χ4v) is 4.31. The van der Waals surface area contributed by atoms with Crippen LogP contribution in [0.15, 0.2) is 11.1 Å². The molecule has 5 rings (SSSR count). The lowest BCUT2D eigenvalue weighted by Gasteiger charge is -2.24. The highest BCUT2D eigenvalue weighted by atomic mass is 32.2. The van der Waals surface area contributed by atoms with Gasteiger partial charge in [-0.2, -0.15) is 25.3 Å². The summed E-state index contributed by atoms with van der Waals surface area (Å²) >= 11 is 8.64. The van der Waals surface area contributed by atoms with Crippen LogP contribution in [0.2, 0.25) is 0 Å². The molecule has 0 radical (unpaired) electrons. The minimum Gasteiger partial charge on any atom is -0.165 e. The molecule has 0 amide bonds. The molecular weight excluding hydrogens is 160 g/mol. The zero-order valence-electron chi connectivity index (χ0n) is 5.41. The number of hydrogen-bond donors (Lipinski definition) is 2. The molecule has 0 aliphatic heterocycles. The van der Waals surface area contributed by atoms with Gasteiger partial charge in [0.05, 0.1) is 0 Å². The second-order valence-electron chi connectivity index (χ2n) is 4.08. The maximum Gasteiger partial charge on any atom is 0.0451 e. The zero-order valence-corrected chi connectivity index (χ0v) is 7.20. The van der Waals surface area contributed by atoms with Crippen molar-refractivity contribution < 1.29 is 0 Å². The Hall–Kier alpha value is 0.440. The fourth-order valence-electron chi connectivity index (χ4n) is 3.70. The van der Waals surface area contributed by atoms with Gasteiger partial charge in [0, 0.05) is 10.00 Å². The molecule has 2 heteroatoms. The Bertz CT molecular complexity index is 284. The van der Waals surface area contributed by atoms with Crippen LogP contribution in [0.1, 0.15) is 6.42 Å². The Morgan fingerprint density at radius 2 is 2.20 bits per heavy atom. The maximum absolute atomic E-state index is 4.32. The standard InChI is InChI=1S/C8H8S2/c9-2(10)1-8-5-3-4(5)7(8)6(3)8/h2-3,5-6,9-10H,1H2. The number of allylic oxidation sites excluding steroid dienone is 2. The first kappa shape index (κ1) is 5.15. The smallest absolute Gasteiger partial charge is 0.0451 e. The summed E-state index contributed by atoms with van der Waals surface area (Å²) < 4.78 is 0.322. The van der Waals surface area contributed by atoms with Crippen LogP contribution in [0.25, 0.3) is 0 Å². The second-order valence-corrected chi connectivity index (χ2v) is 5.73. The van der Waals surface area contributed by atoms with Crippen LogP contribution in [-0.4, -0.2) is 4.58 Å². The van der Waals surface area contributed by atoms with Crippen molar-refractivity contribution in [2.45, 2.75) is 11.0 Å². The van der Waals surface area contributed by atoms with E-state index in [-0.39, 0.29) is 0 Å². The van der Waals surface area contributed by atoms with E-state index < -0.39 is 0 Å². The summed E-state index contributed by atoms with van der Waals surface area (Å²) in [7, 11) is 0.